The fraction of sp³-hybridized carbons (Fsp3) is 0.667. The Morgan fingerprint density at radius 3 is 2.16 bits per heavy atom. The van der Waals surface area contributed by atoms with Crippen LogP contribution in [0.15, 0.2) is 0 Å². The number of rotatable bonds is 8. The van der Waals surface area contributed by atoms with Crippen LogP contribution in [0.2, 0.25) is 0 Å². The Kier molecular flexibility index (Phi) is 7.48. The third kappa shape index (κ3) is 7.60. The van der Waals surface area contributed by atoms with E-state index in [1.165, 1.54) is 0 Å². The van der Waals surface area contributed by atoms with Crippen LogP contribution in [0.3, 0.4) is 0 Å². The van der Waals surface area contributed by atoms with Crippen molar-refractivity contribution in [3.05, 3.63) is 22.8 Å². The Morgan fingerprint density at radius 2 is 1.60 bits per heavy atom. The zero-order valence-corrected chi connectivity index (χ0v) is 16.4. The van der Waals surface area contributed by atoms with Crippen molar-refractivity contribution in [2.75, 3.05) is 27.7 Å². The quantitative estimate of drug-likeness (QED) is 0.525. The molecule has 1 atom stereocenters. The summed E-state index contributed by atoms with van der Waals surface area (Å²) in [5.74, 6) is -0.732. The third-order valence-corrected chi connectivity index (χ3v) is 3.68. The minimum absolute atomic E-state index is 0.0264. The smallest absolute Gasteiger partial charge is 0.310 e. The third-order valence-electron chi connectivity index (χ3n) is 3.68. The molecule has 140 valence electrons. The molecule has 7 nitrogen and oxygen atoms in total. The summed E-state index contributed by atoms with van der Waals surface area (Å²) < 4.78 is 11.3. The fourth-order valence-corrected chi connectivity index (χ4v) is 2.32. The number of nitrogens with zero attached hydrogens (tertiary/aromatic N) is 3. The van der Waals surface area contributed by atoms with Crippen LogP contribution in [0.25, 0.3) is 0 Å². The van der Waals surface area contributed by atoms with Crippen molar-refractivity contribution in [3.63, 3.8) is 0 Å². The van der Waals surface area contributed by atoms with E-state index in [1.54, 1.807) is 6.92 Å². The lowest BCUT2D eigenvalue weighted by Crippen LogP contribution is -2.44. The maximum absolute atomic E-state index is 12.2. The molecular weight excluding hydrogens is 322 g/mol. The van der Waals surface area contributed by atoms with Crippen LogP contribution >= 0.6 is 0 Å². The van der Waals surface area contributed by atoms with E-state index in [2.05, 4.69) is 9.97 Å². The lowest BCUT2D eigenvalue weighted by atomic mass is 10.2. The molecule has 0 radical (unpaired) electrons. The molecule has 0 aliphatic rings. The van der Waals surface area contributed by atoms with Gasteiger partial charge in [-0.2, -0.15) is 0 Å². The Balaban J connectivity index is 2.68. The minimum Gasteiger partial charge on any atom is -0.459 e. The van der Waals surface area contributed by atoms with E-state index in [4.69, 9.17) is 9.47 Å². The van der Waals surface area contributed by atoms with Gasteiger partial charge in [0.2, 0.25) is 0 Å². The van der Waals surface area contributed by atoms with Gasteiger partial charge in [0.05, 0.1) is 50.3 Å². The van der Waals surface area contributed by atoms with E-state index < -0.39 is 12.1 Å². The van der Waals surface area contributed by atoms with Gasteiger partial charge in [0.1, 0.15) is 13.2 Å². The number of carbonyl (C=O) groups excluding carboxylic acids is 2. The van der Waals surface area contributed by atoms with Crippen LogP contribution in [-0.4, -0.2) is 60.2 Å². The maximum atomic E-state index is 12.2. The van der Waals surface area contributed by atoms with Gasteiger partial charge in [-0.3, -0.25) is 19.6 Å². The van der Waals surface area contributed by atoms with Crippen molar-refractivity contribution in [2.45, 2.75) is 53.2 Å². The van der Waals surface area contributed by atoms with Crippen LogP contribution in [0.4, 0.5) is 0 Å². The van der Waals surface area contributed by atoms with Crippen molar-refractivity contribution >= 4 is 11.9 Å². The van der Waals surface area contributed by atoms with Crippen LogP contribution in [0, 0.1) is 20.8 Å². The number of quaternary nitrogens is 1. The SMILES string of the molecule is CCC(=O)OC(CC(=O)OCc1nc(C)c(C)nc1C)C[N+](C)(C)C. The van der Waals surface area contributed by atoms with Crippen LogP contribution < -0.4 is 0 Å². The van der Waals surface area contributed by atoms with Gasteiger partial charge in [0.15, 0.2) is 6.10 Å². The van der Waals surface area contributed by atoms with Gasteiger partial charge in [0, 0.05) is 6.42 Å². The number of ether oxygens (including phenoxy) is 2. The first-order valence-electron chi connectivity index (χ1n) is 8.48. The number of hydrogen-bond acceptors (Lipinski definition) is 6. The van der Waals surface area contributed by atoms with E-state index in [0.717, 1.165) is 17.1 Å². The Hall–Kier alpha value is -2.02. The standard InChI is InChI=1S/C18H30N3O4/c1-8-17(22)25-15(10-21(5,6)7)9-18(23)24-11-16-14(4)19-12(2)13(3)20-16/h15H,8-11H2,1-7H3/q+1. The fourth-order valence-electron chi connectivity index (χ4n) is 2.32. The van der Waals surface area contributed by atoms with E-state index in [-0.39, 0.29) is 25.4 Å². The second-order valence-corrected chi connectivity index (χ2v) is 7.23. The predicted molar refractivity (Wildman–Crippen MR) is 93.7 cm³/mol. The zero-order chi connectivity index (χ0) is 19.2. The zero-order valence-electron chi connectivity index (χ0n) is 16.4. The van der Waals surface area contributed by atoms with E-state index in [1.807, 2.05) is 41.9 Å². The first kappa shape index (κ1) is 21.0. The topological polar surface area (TPSA) is 78.4 Å². The van der Waals surface area contributed by atoms with Gasteiger partial charge < -0.3 is 14.0 Å². The summed E-state index contributed by atoms with van der Waals surface area (Å²) in [6.07, 6.45) is -0.203. The molecule has 1 unspecified atom stereocenters. The van der Waals surface area contributed by atoms with Crippen LogP contribution in [0.1, 0.15) is 42.5 Å². The van der Waals surface area contributed by atoms with Crippen molar-refractivity contribution in [1.82, 2.24) is 9.97 Å². The lowest BCUT2D eigenvalue weighted by molar-refractivity contribution is -0.873. The summed E-state index contributed by atoms with van der Waals surface area (Å²) in [4.78, 5) is 32.6. The van der Waals surface area contributed by atoms with Gasteiger partial charge in [-0.15, -0.1) is 0 Å². The number of aryl methyl sites for hydroxylation is 3. The lowest BCUT2D eigenvalue weighted by Gasteiger charge is -2.28. The average Bonchev–Trinajstić information content (AvgIpc) is 2.47. The number of hydrogen-bond donors (Lipinski definition) is 0. The molecule has 0 fully saturated rings. The molecule has 0 bridgehead atoms. The highest BCUT2D eigenvalue weighted by atomic mass is 16.6. The van der Waals surface area contributed by atoms with Crippen molar-refractivity contribution < 1.29 is 23.5 Å². The molecule has 0 saturated carbocycles. The summed E-state index contributed by atoms with van der Waals surface area (Å²) in [5.41, 5.74) is 3.07. The van der Waals surface area contributed by atoms with E-state index >= 15 is 0 Å². The molecular formula is C18H30N3O4+. The average molecular weight is 352 g/mol. The first-order valence-corrected chi connectivity index (χ1v) is 8.48. The molecule has 0 aromatic carbocycles. The molecule has 0 spiro atoms. The summed E-state index contributed by atoms with van der Waals surface area (Å²) in [5, 5.41) is 0. The van der Waals surface area contributed by atoms with Crippen molar-refractivity contribution in [1.29, 1.82) is 0 Å². The molecule has 0 N–H and O–H groups in total. The van der Waals surface area contributed by atoms with Gasteiger partial charge in [-0.1, -0.05) is 6.92 Å². The molecule has 0 aliphatic carbocycles. The van der Waals surface area contributed by atoms with Crippen molar-refractivity contribution in [2.24, 2.45) is 0 Å². The Labute approximate surface area is 149 Å². The molecule has 1 heterocycles. The monoisotopic (exact) mass is 352 g/mol. The summed E-state index contributed by atoms with van der Waals surface area (Å²) >= 11 is 0. The molecule has 0 amide bonds. The highest BCUT2D eigenvalue weighted by Crippen LogP contribution is 2.11. The van der Waals surface area contributed by atoms with Crippen LogP contribution in [0.5, 0.6) is 0 Å². The largest absolute Gasteiger partial charge is 0.459 e. The number of likely N-dealkylation sites (N-methyl/N-ethyl adjacent to an activating group) is 1. The van der Waals surface area contributed by atoms with Crippen LogP contribution in [-0.2, 0) is 25.7 Å². The second-order valence-electron chi connectivity index (χ2n) is 7.23. The van der Waals surface area contributed by atoms with Gasteiger partial charge in [-0.05, 0) is 20.8 Å². The van der Waals surface area contributed by atoms with E-state index in [0.29, 0.717) is 16.7 Å². The van der Waals surface area contributed by atoms with Gasteiger partial charge in [0.25, 0.3) is 0 Å². The van der Waals surface area contributed by atoms with Gasteiger partial charge in [-0.25, -0.2) is 0 Å². The molecule has 0 aliphatic heterocycles. The molecule has 25 heavy (non-hydrogen) atoms. The summed E-state index contributed by atoms with van der Waals surface area (Å²) in [6, 6.07) is 0. The molecule has 0 saturated heterocycles. The predicted octanol–water partition coefficient (Wildman–Crippen LogP) is 1.86. The van der Waals surface area contributed by atoms with Gasteiger partial charge >= 0.3 is 11.9 Å². The normalized spacial score (nSPS) is 12.6. The summed E-state index contributed by atoms with van der Waals surface area (Å²) in [7, 11) is 5.93. The Bertz CT molecular complexity index is 623. The van der Waals surface area contributed by atoms with Crippen molar-refractivity contribution in [3.8, 4) is 0 Å². The minimum atomic E-state index is -0.508. The molecule has 1 aromatic rings. The molecule has 7 heteroatoms. The summed E-state index contributed by atoms with van der Waals surface area (Å²) in [6.45, 7) is 7.92. The number of carbonyl (C=O) groups is 2. The highest BCUT2D eigenvalue weighted by molar-refractivity contribution is 5.72. The Morgan fingerprint density at radius 1 is 1.00 bits per heavy atom. The molecule has 1 rings (SSSR count). The highest BCUT2D eigenvalue weighted by Gasteiger charge is 2.25. The number of esters is 2. The maximum Gasteiger partial charge on any atom is 0.310 e. The first-order chi connectivity index (χ1) is 11.5. The van der Waals surface area contributed by atoms with E-state index in [9.17, 15) is 9.59 Å². The second kappa shape index (κ2) is 8.89. The number of aromatic nitrogens is 2. The molecule has 1 aromatic heterocycles.